The summed E-state index contributed by atoms with van der Waals surface area (Å²) in [5.41, 5.74) is 0. The van der Waals surface area contributed by atoms with Gasteiger partial charge in [-0.05, 0) is 7.05 Å². The molecular weight excluding hydrogens is 224 g/mol. The largest absolute Gasteiger partial charge is 0.402 e. The zero-order valence-corrected chi connectivity index (χ0v) is 7.71. The highest BCUT2D eigenvalue weighted by molar-refractivity contribution is 4.96. The van der Waals surface area contributed by atoms with Gasteiger partial charge in [-0.2, -0.15) is 26.3 Å². The summed E-state index contributed by atoms with van der Waals surface area (Å²) in [7, 11) is 1.01. The lowest BCUT2D eigenvalue weighted by atomic mass is 9.96. The number of hydrogen-bond donors (Lipinski definition) is 1. The van der Waals surface area contributed by atoms with Crippen molar-refractivity contribution in [3.8, 4) is 12.3 Å². The van der Waals surface area contributed by atoms with E-state index in [9.17, 15) is 26.3 Å². The Balaban J connectivity index is 5.02. The summed E-state index contributed by atoms with van der Waals surface area (Å²) >= 11 is 0. The highest BCUT2D eigenvalue weighted by Gasteiger charge is 2.59. The third-order valence-corrected chi connectivity index (χ3v) is 1.82. The molecule has 0 bridgehead atoms. The molecule has 0 aromatic heterocycles. The van der Waals surface area contributed by atoms with Crippen LogP contribution >= 0.6 is 0 Å². The van der Waals surface area contributed by atoms with Crippen molar-refractivity contribution < 1.29 is 26.3 Å². The fourth-order valence-electron chi connectivity index (χ4n) is 1.16. The first-order chi connectivity index (χ1) is 6.64. The Kier molecular flexibility index (Phi) is 4.46. The van der Waals surface area contributed by atoms with Gasteiger partial charge in [0.25, 0.3) is 0 Å². The van der Waals surface area contributed by atoms with Crippen LogP contribution < -0.4 is 5.32 Å². The average molecular weight is 233 g/mol. The lowest BCUT2D eigenvalue weighted by Crippen LogP contribution is -2.49. The smallest absolute Gasteiger partial charge is 0.315 e. The summed E-state index contributed by atoms with van der Waals surface area (Å²) in [6.45, 7) is 0. The molecule has 88 valence electrons. The van der Waals surface area contributed by atoms with Gasteiger partial charge in [-0.1, -0.05) is 0 Å². The number of terminal acetylenes is 1. The lowest BCUT2D eigenvalue weighted by molar-refractivity contribution is -0.291. The van der Waals surface area contributed by atoms with Gasteiger partial charge in [0, 0.05) is 12.5 Å². The third-order valence-electron chi connectivity index (χ3n) is 1.82. The molecule has 1 nitrogen and oxygen atoms in total. The Labute approximate surface area is 82.8 Å². The van der Waals surface area contributed by atoms with E-state index in [4.69, 9.17) is 6.42 Å². The number of halogens is 6. The Morgan fingerprint density at radius 2 is 1.53 bits per heavy atom. The SMILES string of the molecule is C#CCC(NC)C(C(F)(F)F)C(F)(F)F. The highest BCUT2D eigenvalue weighted by atomic mass is 19.4. The summed E-state index contributed by atoms with van der Waals surface area (Å²) in [6, 6.07) is -1.85. The van der Waals surface area contributed by atoms with Crippen molar-refractivity contribution in [3.63, 3.8) is 0 Å². The molecule has 15 heavy (non-hydrogen) atoms. The van der Waals surface area contributed by atoms with E-state index in [2.05, 4.69) is 0 Å². The molecule has 1 atom stereocenters. The molecule has 0 fully saturated rings. The second-order valence-corrected chi connectivity index (χ2v) is 2.86. The Morgan fingerprint density at radius 1 is 1.13 bits per heavy atom. The van der Waals surface area contributed by atoms with Crippen molar-refractivity contribution in [2.75, 3.05) is 7.05 Å². The van der Waals surface area contributed by atoms with Crippen LogP contribution in [-0.2, 0) is 0 Å². The molecule has 0 rings (SSSR count). The zero-order valence-electron chi connectivity index (χ0n) is 7.71. The lowest BCUT2D eigenvalue weighted by Gasteiger charge is -2.29. The van der Waals surface area contributed by atoms with Crippen LogP contribution in [0.25, 0.3) is 0 Å². The van der Waals surface area contributed by atoms with E-state index in [0.29, 0.717) is 0 Å². The van der Waals surface area contributed by atoms with Crippen LogP contribution in [0.1, 0.15) is 6.42 Å². The van der Waals surface area contributed by atoms with Crippen molar-refractivity contribution >= 4 is 0 Å². The van der Waals surface area contributed by atoms with E-state index >= 15 is 0 Å². The summed E-state index contributed by atoms with van der Waals surface area (Å²) < 4.78 is 72.9. The van der Waals surface area contributed by atoms with Crippen LogP contribution in [0, 0.1) is 18.3 Å². The van der Waals surface area contributed by atoms with Gasteiger partial charge in [0.1, 0.15) is 0 Å². The van der Waals surface area contributed by atoms with Crippen molar-refractivity contribution in [3.05, 3.63) is 0 Å². The van der Waals surface area contributed by atoms with Gasteiger partial charge < -0.3 is 5.32 Å². The third kappa shape index (κ3) is 4.00. The minimum atomic E-state index is -5.36. The van der Waals surface area contributed by atoms with Gasteiger partial charge in [0.15, 0.2) is 5.92 Å². The van der Waals surface area contributed by atoms with E-state index in [-0.39, 0.29) is 0 Å². The molecule has 0 saturated carbocycles. The van der Waals surface area contributed by atoms with E-state index in [0.717, 1.165) is 7.05 Å². The molecule has 0 aliphatic carbocycles. The number of rotatable bonds is 3. The standard InChI is InChI=1S/C8H9F6N/c1-3-4-5(15-2)6(7(9,10)11)8(12,13)14/h1,5-6,15H,4H2,2H3. The summed E-state index contributed by atoms with van der Waals surface area (Å²) in [5.74, 6) is -1.66. The molecule has 0 radical (unpaired) electrons. The first-order valence-electron chi connectivity index (χ1n) is 3.88. The second-order valence-electron chi connectivity index (χ2n) is 2.86. The topological polar surface area (TPSA) is 12.0 Å². The molecule has 0 spiro atoms. The molecule has 0 aliphatic rings. The van der Waals surface area contributed by atoms with Crippen molar-refractivity contribution in [2.45, 2.75) is 24.8 Å². The van der Waals surface area contributed by atoms with Gasteiger partial charge in [0.05, 0.1) is 0 Å². The number of alkyl halides is 6. The minimum Gasteiger partial charge on any atom is -0.315 e. The van der Waals surface area contributed by atoms with Gasteiger partial charge in [0.2, 0.25) is 0 Å². The second kappa shape index (κ2) is 4.75. The van der Waals surface area contributed by atoms with Gasteiger partial charge in [-0.25, -0.2) is 0 Å². The monoisotopic (exact) mass is 233 g/mol. The van der Waals surface area contributed by atoms with E-state index in [1.54, 1.807) is 5.92 Å². The van der Waals surface area contributed by atoms with Crippen LogP contribution in [0.2, 0.25) is 0 Å². The molecule has 0 saturated heterocycles. The van der Waals surface area contributed by atoms with Gasteiger partial charge >= 0.3 is 12.4 Å². The molecule has 1 N–H and O–H groups in total. The minimum absolute atomic E-state index is 0.639. The Hall–Kier alpha value is -0.900. The van der Waals surface area contributed by atoms with Crippen LogP contribution in [-0.4, -0.2) is 25.4 Å². The molecule has 0 aliphatic heterocycles. The first-order valence-corrected chi connectivity index (χ1v) is 3.88. The van der Waals surface area contributed by atoms with Crippen LogP contribution in [0.3, 0.4) is 0 Å². The molecular formula is C8H9F6N. The van der Waals surface area contributed by atoms with E-state index in [1.807, 2.05) is 5.32 Å². The Morgan fingerprint density at radius 3 is 1.73 bits per heavy atom. The summed E-state index contributed by atoms with van der Waals surface area (Å²) in [4.78, 5) is 0. The predicted octanol–water partition coefficient (Wildman–Crippen LogP) is 2.34. The molecule has 0 aromatic carbocycles. The van der Waals surface area contributed by atoms with Gasteiger partial charge in [-0.15, -0.1) is 12.3 Å². The molecule has 0 heterocycles. The van der Waals surface area contributed by atoms with Crippen molar-refractivity contribution in [1.29, 1.82) is 0 Å². The number of nitrogens with one attached hydrogen (secondary N) is 1. The predicted molar refractivity (Wildman–Crippen MR) is 41.9 cm³/mol. The van der Waals surface area contributed by atoms with E-state index < -0.39 is 30.7 Å². The molecule has 1 unspecified atom stereocenters. The zero-order chi connectivity index (χ0) is 12.3. The average Bonchev–Trinajstić information content (AvgIpc) is 1.98. The van der Waals surface area contributed by atoms with E-state index in [1.165, 1.54) is 0 Å². The normalized spacial score (nSPS) is 15.1. The fraction of sp³-hybridized carbons (Fsp3) is 0.750. The van der Waals surface area contributed by atoms with Crippen LogP contribution in [0.5, 0.6) is 0 Å². The maximum Gasteiger partial charge on any atom is 0.402 e. The molecule has 0 amide bonds. The summed E-state index contributed by atoms with van der Waals surface area (Å²) in [6.07, 6.45) is -6.65. The fourth-order valence-corrected chi connectivity index (χ4v) is 1.16. The first kappa shape index (κ1) is 14.1. The maximum atomic E-state index is 12.1. The van der Waals surface area contributed by atoms with Crippen LogP contribution in [0.15, 0.2) is 0 Å². The van der Waals surface area contributed by atoms with Gasteiger partial charge in [-0.3, -0.25) is 0 Å². The Bertz CT molecular complexity index is 221. The van der Waals surface area contributed by atoms with Crippen LogP contribution in [0.4, 0.5) is 26.3 Å². The van der Waals surface area contributed by atoms with Crippen molar-refractivity contribution in [1.82, 2.24) is 5.32 Å². The highest BCUT2D eigenvalue weighted by Crippen LogP contribution is 2.41. The summed E-state index contributed by atoms with van der Waals surface area (Å²) in [5, 5.41) is 1.93. The quantitative estimate of drug-likeness (QED) is 0.582. The van der Waals surface area contributed by atoms with Crippen molar-refractivity contribution in [2.24, 2.45) is 5.92 Å². The molecule has 7 heteroatoms. The molecule has 0 aromatic rings. The maximum absolute atomic E-state index is 12.1. The number of hydrogen-bond acceptors (Lipinski definition) is 1.